The van der Waals surface area contributed by atoms with Crippen molar-refractivity contribution in [2.45, 2.75) is 26.2 Å². The van der Waals surface area contributed by atoms with Gasteiger partial charge in [0.05, 0.1) is 0 Å². The molecule has 2 heteroatoms. The average Bonchev–Trinajstić information content (AvgIpc) is 2.41. The third-order valence-electron chi connectivity index (χ3n) is 3.35. The summed E-state index contributed by atoms with van der Waals surface area (Å²) in [6.45, 7) is 3.89. The molecule has 0 fully saturated rings. The fourth-order valence-corrected chi connectivity index (χ4v) is 2.00. The lowest BCUT2D eigenvalue weighted by atomic mass is 9.92. The minimum atomic E-state index is -0.276. The van der Waals surface area contributed by atoms with E-state index >= 15 is 0 Å². The number of aryl methyl sites for hydroxylation is 1. The molecule has 19 heavy (non-hydrogen) atoms. The number of carbonyl (C=O) groups is 1. The quantitative estimate of drug-likeness (QED) is 0.806. The molecule has 0 N–H and O–H groups in total. The summed E-state index contributed by atoms with van der Waals surface area (Å²) in [6.07, 6.45) is 0.415. The van der Waals surface area contributed by atoms with Crippen molar-refractivity contribution in [2.24, 2.45) is 0 Å². The van der Waals surface area contributed by atoms with Gasteiger partial charge in [-0.1, -0.05) is 48.9 Å². The minimum Gasteiger partial charge on any atom is -0.299 e. The maximum absolute atomic E-state index is 12.9. The van der Waals surface area contributed by atoms with Crippen LogP contribution in [0.2, 0.25) is 0 Å². The van der Waals surface area contributed by atoms with Crippen LogP contribution in [-0.4, -0.2) is 5.78 Å². The molecule has 0 aliphatic heterocycles. The zero-order chi connectivity index (χ0) is 13.8. The van der Waals surface area contributed by atoms with Crippen LogP contribution >= 0.6 is 0 Å². The maximum atomic E-state index is 12.9. The summed E-state index contributed by atoms with van der Waals surface area (Å²) >= 11 is 0. The van der Waals surface area contributed by atoms with Gasteiger partial charge in [-0.25, -0.2) is 4.39 Å². The van der Waals surface area contributed by atoms with E-state index in [9.17, 15) is 9.18 Å². The van der Waals surface area contributed by atoms with Crippen LogP contribution in [0.25, 0.3) is 0 Å². The summed E-state index contributed by atoms with van der Waals surface area (Å²) in [6, 6.07) is 14.1. The molecule has 0 heterocycles. The average molecular weight is 256 g/mol. The lowest BCUT2D eigenvalue weighted by Gasteiger charge is -2.11. The second kappa shape index (κ2) is 5.79. The Hall–Kier alpha value is -1.96. The van der Waals surface area contributed by atoms with Crippen LogP contribution in [0.5, 0.6) is 0 Å². The third kappa shape index (κ3) is 3.50. The molecule has 0 aromatic heterocycles. The SMILES string of the molecule is Cc1ccc(CC(=O)[C@H](C)c2ccc(F)cc2)cc1. The first-order valence-electron chi connectivity index (χ1n) is 6.40. The molecule has 2 aromatic carbocycles. The van der Waals surface area contributed by atoms with Gasteiger partial charge < -0.3 is 0 Å². The zero-order valence-corrected chi connectivity index (χ0v) is 11.2. The van der Waals surface area contributed by atoms with E-state index in [0.717, 1.165) is 11.1 Å². The van der Waals surface area contributed by atoms with Gasteiger partial charge in [0.15, 0.2) is 0 Å². The van der Waals surface area contributed by atoms with Gasteiger partial charge >= 0.3 is 0 Å². The topological polar surface area (TPSA) is 17.1 Å². The molecule has 0 saturated heterocycles. The molecule has 0 aliphatic carbocycles. The number of hydrogen-bond acceptors (Lipinski definition) is 1. The molecule has 0 amide bonds. The molecule has 2 aromatic rings. The summed E-state index contributed by atoms with van der Waals surface area (Å²) < 4.78 is 12.9. The second-order valence-corrected chi connectivity index (χ2v) is 4.90. The fourth-order valence-electron chi connectivity index (χ4n) is 2.00. The molecule has 98 valence electrons. The number of Topliss-reactive ketones (excluding diaryl/α,β-unsaturated/α-hetero) is 1. The molecule has 0 bridgehead atoms. The van der Waals surface area contributed by atoms with Gasteiger partial charge in [0, 0.05) is 12.3 Å². The molecule has 0 aliphatic rings. The summed E-state index contributed by atoms with van der Waals surface area (Å²) in [4.78, 5) is 12.2. The normalized spacial score (nSPS) is 12.2. The van der Waals surface area contributed by atoms with Crippen molar-refractivity contribution < 1.29 is 9.18 Å². The van der Waals surface area contributed by atoms with Crippen molar-refractivity contribution in [3.63, 3.8) is 0 Å². The van der Waals surface area contributed by atoms with E-state index in [1.54, 1.807) is 12.1 Å². The number of ketones is 1. The highest BCUT2D eigenvalue weighted by molar-refractivity contribution is 5.87. The van der Waals surface area contributed by atoms with Crippen molar-refractivity contribution >= 4 is 5.78 Å². The Morgan fingerprint density at radius 1 is 1.05 bits per heavy atom. The van der Waals surface area contributed by atoms with Gasteiger partial charge in [-0.15, -0.1) is 0 Å². The lowest BCUT2D eigenvalue weighted by molar-refractivity contribution is -0.119. The fraction of sp³-hybridized carbons (Fsp3) is 0.235. The predicted octanol–water partition coefficient (Wildman–Crippen LogP) is 4.05. The highest BCUT2D eigenvalue weighted by Gasteiger charge is 2.15. The molecule has 1 nitrogen and oxygen atoms in total. The van der Waals surface area contributed by atoms with Gasteiger partial charge in [-0.3, -0.25) is 4.79 Å². The highest BCUT2D eigenvalue weighted by Crippen LogP contribution is 2.19. The predicted molar refractivity (Wildman–Crippen MR) is 74.7 cm³/mol. The number of hydrogen-bond donors (Lipinski definition) is 0. The summed E-state index contributed by atoms with van der Waals surface area (Å²) in [5, 5.41) is 0. The van der Waals surface area contributed by atoms with E-state index in [-0.39, 0.29) is 17.5 Å². The maximum Gasteiger partial charge on any atom is 0.144 e. The summed E-state index contributed by atoms with van der Waals surface area (Å²) in [5.74, 6) is -0.334. The molecular formula is C17H17FO. The first kappa shape index (κ1) is 13.5. The van der Waals surface area contributed by atoms with Gasteiger partial charge in [0.2, 0.25) is 0 Å². The van der Waals surface area contributed by atoms with Gasteiger partial charge in [0.25, 0.3) is 0 Å². The number of benzene rings is 2. The highest BCUT2D eigenvalue weighted by atomic mass is 19.1. The Labute approximate surface area is 113 Å². The zero-order valence-electron chi connectivity index (χ0n) is 11.2. The first-order chi connectivity index (χ1) is 9.06. The Kier molecular flexibility index (Phi) is 4.10. The van der Waals surface area contributed by atoms with Crippen LogP contribution in [0.3, 0.4) is 0 Å². The van der Waals surface area contributed by atoms with Crippen molar-refractivity contribution in [2.75, 3.05) is 0 Å². The number of rotatable bonds is 4. The molecule has 1 atom stereocenters. The number of halogens is 1. The Morgan fingerprint density at radius 2 is 1.63 bits per heavy atom. The second-order valence-electron chi connectivity index (χ2n) is 4.90. The van der Waals surface area contributed by atoms with Crippen molar-refractivity contribution in [3.8, 4) is 0 Å². The van der Waals surface area contributed by atoms with Crippen molar-refractivity contribution in [3.05, 3.63) is 71.0 Å². The monoisotopic (exact) mass is 256 g/mol. The van der Waals surface area contributed by atoms with Gasteiger partial charge in [-0.2, -0.15) is 0 Å². The lowest BCUT2D eigenvalue weighted by Crippen LogP contribution is -2.12. The molecule has 0 radical (unpaired) electrons. The van der Waals surface area contributed by atoms with Crippen LogP contribution in [-0.2, 0) is 11.2 Å². The van der Waals surface area contributed by atoms with Crippen molar-refractivity contribution in [1.82, 2.24) is 0 Å². The van der Waals surface area contributed by atoms with Gasteiger partial charge in [0.1, 0.15) is 11.6 Å². The van der Waals surface area contributed by atoms with Crippen LogP contribution in [0, 0.1) is 12.7 Å². The third-order valence-corrected chi connectivity index (χ3v) is 3.35. The van der Waals surface area contributed by atoms with E-state index in [0.29, 0.717) is 6.42 Å². The molecule has 0 saturated carbocycles. The standard InChI is InChI=1S/C17H17FO/c1-12-3-5-14(6-4-12)11-17(19)13(2)15-7-9-16(18)10-8-15/h3-10,13H,11H2,1-2H3/t13-/m1/s1. The van der Waals surface area contributed by atoms with Crippen LogP contribution in [0.4, 0.5) is 4.39 Å². The Balaban J connectivity index is 2.07. The van der Waals surface area contributed by atoms with Crippen LogP contribution < -0.4 is 0 Å². The largest absolute Gasteiger partial charge is 0.299 e. The van der Waals surface area contributed by atoms with Gasteiger partial charge in [-0.05, 0) is 30.2 Å². The van der Waals surface area contributed by atoms with E-state index in [1.807, 2.05) is 38.1 Å². The molecule has 0 spiro atoms. The minimum absolute atomic E-state index is 0.149. The molecule has 2 rings (SSSR count). The number of carbonyl (C=O) groups excluding carboxylic acids is 1. The van der Waals surface area contributed by atoms with Crippen molar-refractivity contribution in [1.29, 1.82) is 0 Å². The van der Waals surface area contributed by atoms with E-state index < -0.39 is 0 Å². The smallest absolute Gasteiger partial charge is 0.144 e. The summed E-state index contributed by atoms with van der Waals surface area (Å²) in [5.41, 5.74) is 3.06. The van der Waals surface area contributed by atoms with Crippen LogP contribution in [0.1, 0.15) is 29.5 Å². The van der Waals surface area contributed by atoms with E-state index in [4.69, 9.17) is 0 Å². The van der Waals surface area contributed by atoms with E-state index in [2.05, 4.69) is 0 Å². The summed E-state index contributed by atoms with van der Waals surface area (Å²) in [7, 11) is 0. The first-order valence-corrected chi connectivity index (χ1v) is 6.40. The Bertz CT molecular complexity index is 555. The molecule has 0 unspecified atom stereocenters. The molecular weight excluding hydrogens is 239 g/mol. The Morgan fingerprint density at radius 3 is 2.21 bits per heavy atom. The van der Waals surface area contributed by atoms with E-state index in [1.165, 1.54) is 17.7 Å². The van der Waals surface area contributed by atoms with Crippen LogP contribution in [0.15, 0.2) is 48.5 Å².